The van der Waals surface area contributed by atoms with Crippen LogP contribution in [0.3, 0.4) is 0 Å². The molecule has 0 spiro atoms. The third-order valence-electron chi connectivity index (χ3n) is 2.96. The van der Waals surface area contributed by atoms with Crippen molar-refractivity contribution in [3.8, 4) is 0 Å². The zero-order chi connectivity index (χ0) is 13.7. The van der Waals surface area contributed by atoms with Gasteiger partial charge in [0.25, 0.3) is 0 Å². The van der Waals surface area contributed by atoms with Crippen LogP contribution in [0, 0.1) is 0 Å². The zero-order valence-electron chi connectivity index (χ0n) is 11.5. The van der Waals surface area contributed by atoms with Crippen molar-refractivity contribution in [1.82, 2.24) is 9.97 Å². The highest BCUT2D eigenvalue weighted by Gasteiger charge is 2.02. The van der Waals surface area contributed by atoms with Gasteiger partial charge in [-0.25, -0.2) is 9.97 Å². The van der Waals surface area contributed by atoms with Crippen LogP contribution < -0.4 is 15.5 Å². The number of nitrogens with one attached hydrogen (secondary N) is 2. The molecule has 0 fully saturated rings. The Hall–Kier alpha value is -2.30. The lowest BCUT2D eigenvalue weighted by Crippen LogP contribution is -2.17. The smallest absolute Gasteiger partial charge is 0.135 e. The molecule has 19 heavy (non-hydrogen) atoms. The molecule has 5 nitrogen and oxygen atoms in total. The molecule has 1 aromatic carbocycles. The van der Waals surface area contributed by atoms with Crippen molar-refractivity contribution < 1.29 is 0 Å². The molecule has 0 atom stereocenters. The van der Waals surface area contributed by atoms with Crippen LogP contribution >= 0.6 is 0 Å². The Kier molecular flexibility index (Phi) is 4.18. The largest absolute Gasteiger partial charge is 0.388 e. The molecule has 0 saturated carbocycles. The van der Waals surface area contributed by atoms with E-state index in [2.05, 4.69) is 32.4 Å². The van der Waals surface area contributed by atoms with Crippen molar-refractivity contribution in [2.45, 2.75) is 6.92 Å². The summed E-state index contributed by atoms with van der Waals surface area (Å²) < 4.78 is 0. The average Bonchev–Trinajstić information content (AvgIpc) is 2.47. The van der Waals surface area contributed by atoms with E-state index in [0.717, 1.165) is 29.6 Å². The Morgan fingerprint density at radius 3 is 2.42 bits per heavy atom. The zero-order valence-corrected chi connectivity index (χ0v) is 11.5. The molecule has 5 heteroatoms. The molecule has 0 aliphatic carbocycles. The molecule has 2 N–H and O–H groups in total. The first-order valence-electron chi connectivity index (χ1n) is 6.31. The Bertz CT molecular complexity index is 524. The van der Waals surface area contributed by atoms with Crippen molar-refractivity contribution in [3.05, 3.63) is 36.7 Å². The molecule has 0 unspecified atom stereocenters. The van der Waals surface area contributed by atoms with Gasteiger partial charge in [0.1, 0.15) is 18.0 Å². The van der Waals surface area contributed by atoms with E-state index >= 15 is 0 Å². The molecule has 1 aromatic heterocycles. The molecule has 0 radical (unpaired) electrons. The highest BCUT2D eigenvalue weighted by molar-refractivity contribution is 5.61. The lowest BCUT2D eigenvalue weighted by Gasteiger charge is -2.16. The second kappa shape index (κ2) is 6.04. The van der Waals surface area contributed by atoms with Crippen LogP contribution in [-0.2, 0) is 0 Å². The van der Waals surface area contributed by atoms with E-state index < -0.39 is 0 Å². The number of rotatable bonds is 5. The van der Waals surface area contributed by atoms with Gasteiger partial charge >= 0.3 is 0 Å². The first-order chi connectivity index (χ1) is 9.22. The summed E-state index contributed by atoms with van der Waals surface area (Å²) in [5.74, 6) is 1.70. The quantitative estimate of drug-likeness (QED) is 0.862. The molecule has 100 valence electrons. The molecular weight excluding hydrogens is 238 g/mol. The van der Waals surface area contributed by atoms with E-state index in [0.29, 0.717) is 0 Å². The maximum absolute atomic E-state index is 4.24. The van der Waals surface area contributed by atoms with Crippen LogP contribution in [0.25, 0.3) is 0 Å². The fraction of sp³-hybridized carbons (Fsp3) is 0.286. The summed E-state index contributed by atoms with van der Waals surface area (Å²) in [6.07, 6.45) is 1.58. The molecular formula is C14H19N5. The fourth-order valence-electron chi connectivity index (χ4n) is 1.65. The van der Waals surface area contributed by atoms with Gasteiger partial charge < -0.3 is 15.5 Å². The second-order valence-corrected chi connectivity index (χ2v) is 4.23. The highest BCUT2D eigenvalue weighted by atomic mass is 15.2. The van der Waals surface area contributed by atoms with Crippen LogP contribution in [0.5, 0.6) is 0 Å². The number of benzene rings is 1. The maximum atomic E-state index is 4.24. The SMILES string of the molecule is CCN(C)c1cc(Nc2ccc(NC)cc2)ncn1. The van der Waals surface area contributed by atoms with Crippen LogP contribution in [0.2, 0.25) is 0 Å². The minimum Gasteiger partial charge on any atom is -0.388 e. The van der Waals surface area contributed by atoms with Crippen molar-refractivity contribution >= 4 is 23.0 Å². The molecule has 0 bridgehead atoms. The van der Waals surface area contributed by atoms with Gasteiger partial charge in [-0.1, -0.05) is 0 Å². The minimum absolute atomic E-state index is 0.794. The molecule has 2 aromatic rings. The van der Waals surface area contributed by atoms with E-state index in [1.165, 1.54) is 0 Å². The minimum atomic E-state index is 0.794. The van der Waals surface area contributed by atoms with E-state index in [1.807, 2.05) is 44.4 Å². The number of nitrogens with zero attached hydrogens (tertiary/aromatic N) is 3. The number of hydrogen-bond donors (Lipinski definition) is 2. The lowest BCUT2D eigenvalue weighted by atomic mass is 10.3. The van der Waals surface area contributed by atoms with Crippen LogP contribution in [-0.4, -0.2) is 30.6 Å². The van der Waals surface area contributed by atoms with Gasteiger partial charge in [-0.3, -0.25) is 0 Å². The van der Waals surface area contributed by atoms with Crippen molar-refractivity contribution in [1.29, 1.82) is 0 Å². The van der Waals surface area contributed by atoms with Crippen molar-refractivity contribution in [3.63, 3.8) is 0 Å². The normalized spacial score (nSPS) is 10.1. The molecule has 0 aliphatic heterocycles. The predicted octanol–water partition coefficient (Wildman–Crippen LogP) is 2.72. The van der Waals surface area contributed by atoms with Crippen molar-refractivity contribution in [2.75, 3.05) is 36.2 Å². The van der Waals surface area contributed by atoms with Gasteiger partial charge in [-0.15, -0.1) is 0 Å². The van der Waals surface area contributed by atoms with Gasteiger partial charge in [0.2, 0.25) is 0 Å². The van der Waals surface area contributed by atoms with Crippen molar-refractivity contribution in [2.24, 2.45) is 0 Å². The topological polar surface area (TPSA) is 53.1 Å². The summed E-state index contributed by atoms with van der Waals surface area (Å²) >= 11 is 0. The Balaban J connectivity index is 2.13. The summed E-state index contributed by atoms with van der Waals surface area (Å²) in [5, 5.41) is 6.36. The predicted molar refractivity (Wildman–Crippen MR) is 80.2 cm³/mol. The van der Waals surface area contributed by atoms with Gasteiger partial charge in [0, 0.05) is 38.1 Å². The number of hydrogen-bond acceptors (Lipinski definition) is 5. The Morgan fingerprint density at radius 1 is 1.11 bits per heavy atom. The molecule has 1 heterocycles. The standard InChI is InChI=1S/C14H19N5/c1-4-19(3)14-9-13(16-10-17-14)18-12-7-5-11(15-2)6-8-12/h5-10,15H,4H2,1-3H3,(H,16,17,18). The summed E-state index contributed by atoms with van der Waals surface area (Å²) in [6, 6.07) is 10.00. The van der Waals surface area contributed by atoms with Gasteiger partial charge in [-0.05, 0) is 31.2 Å². The van der Waals surface area contributed by atoms with Crippen LogP contribution in [0.15, 0.2) is 36.7 Å². The van der Waals surface area contributed by atoms with Crippen LogP contribution in [0.4, 0.5) is 23.0 Å². The summed E-state index contributed by atoms with van der Waals surface area (Å²) in [7, 11) is 3.91. The summed E-state index contributed by atoms with van der Waals surface area (Å²) in [6.45, 7) is 3.00. The van der Waals surface area contributed by atoms with Crippen LogP contribution in [0.1, 0.15) is 6.92 Å². The fourth-order valence-corrected chi connectivity index (χ4v) is 1.65. The monoisotopic (exact) mass is 257 g/mol. The first kappa shape index (κ1) is 13.1. The molecule has 0 amide bonds. The summed E-state index contributed by atoms with van der Waals surface area (Å²) in [5.41, 5.74) is 2.09. The third-order valence-corrected chi connectivity index (χ3v) is 2.96. The van der Waals surface area contributed by atoms with E-state index in [1.54, 1.807) is 6.33 Å². The lowest BCUT2D eigenvalue weighted by molar-refractivity contribution is 0.930. The third kappa shape index (κ3) is 3.34. The van der Waals surface area contributed by atoms with Gasteiger partial charge in [0.05, 0.1) is 0 Å². The molecule has 0 aliphatic rings. The Morgan fingerprint density at radius 2 is 1.79 bits per heavy atom. The molecule has 0 saturated heterocycles. The van der Waals surface area contributed by atoms with Gasteiger partial charge in [-0.2, -0.15) is 0 Å². The first-order valence-corrected chi connectivity index (χ1v) is 6.31. The van der Waals surface area contributed by atoms with E-state index in [-0.39, 0.29) is 0 Å². The highest BCUT2D eigenvalue weighted by Crippen LogP contribution is 2.19. The Labute approximate surface area is 113 Å². The maximum Gasteiger partial charge on any atom is 0.135 e. The average molecular weight is 257 g/mol. The van der Waals surface area contributed by atoms with Gasteiger partial charge in [0.15, 0.2) is 0 Å². The molecule has 2 rings (SSSR count). The number of anilines is 4. The van der Waals surface area contributed by atoms with E-state index in [9.17, 15) is 0 Å². The number of aromatic nitrogens is 2. The summed E-state index contributed by atoms with van der Waals surface area (Å²) in [4.78, 5) is 10.5. The van der Waals surface area contributed by atoms with E-state index in [4.69, 9.17) is 0 Å². The second-order valence-electron chi connectivity index (χ2n) is 4.23.